The fraction of sp³-hybridized carbons (Fsp3) is 1.00. The Labute approximate surface area is 39.3 Å². The summed E-state index contributed by atoms with van der Waals surface area (Å²) in [5.74, 6) is 0. The molecule has 0 aliphatic rings. The Hall–Kier alpha value is -0.330. The smallest absolute Gasteiger partial charge is 0.330 e. The number of hydrogen-bond acceptors (Lipinski definition) is 1. The highest BCUT2D eigenvalue weighted by Crippen LogP contribution is 1.77. The predicted molar refractivity (Wildman–Crippen MR) is 26.1 cm³/mol. The molecule has 2 N–H and O–H groups in total. The van der Waals surface area contributed by atoms with E-state index in [9.17, 15) is 0 Å². The molecule has 0 amide bonds. The van der Waals surface area contributed by atoms with Crippen LogP contribution >= 0.6 is 0 Å². The largest absolute Gasteiger partial charge is 3.00 e. The maximum Gasteiger partial charge on any atom is 3.00 e. The van der Waals surface area contributed by atoms with Gasteiger partial charge in [-0.3, -0.25) is 0 Å². The minimum atomic E-state index is 0. The van der Waals surface area contributed by atoms with Gasteiger partial charge in [0.1, 0.15) is 0 Å². The lowest BCUT2D eigenvalue weighted by atomic mass is 10.3. The normalized spacial score (nSPS) is 7.00. The third-order valence-electron chi connectivity index (χ3n) is 0.558. The van der Waals surface area contributed by atoms with Crippen LogP contribution in [0.15, 0.2) is 0 Å². The number of hydrogen-bond donors (Lipinski definition) is 1. The van der Waals surface area contributed by atoms with Crippen molar-refractivity contribution in [2.75, 3.05) is 6.54 Å². The molecular weight excluding hydrogens is 76.1 g/mol. The molecule has 0 heterocycles. The molecule has 6 heavy (non-hydrogen) atoms. The van der Waals surface area contributed by atoms with Crippen LogP contribution in [0.25, 0.3) is 0 Å². The molecule has 0 spiro atoms. The van der Waals surface area contributed by atoms with Crippen molar-refractivity contribution in [3.05, 3.63) is 0 Å². The van der Waals surface area contributed by atoms with Crippen LogP contribution in [0.5, 0.6) is 0 Å². The van der Waals surface area contributed by atoms with Crippen LogP contribution in [0.3, 0.4) is 0 Å². The third-order valence-corrected chi connectivity index (χ3v) is 0.558. The van der Waals surface area contributed by atoms with Gasteiger partial charge in [0.15, 0.2) is 0 Å². The molecule has 0 saturated heterocycles. The van der Waals surface area contributed by atoms with Gasteiger partial charge in [-0.1, -0.05) is 13.3 Å². The Bertz CT molecular complexity index is 13.0. The van der Waals surface area contributed by atoms with Crippen LogP contribution in [0.2, 0.25) is 0 Å². The van der Waals surface area contributed by atoms with Gasteiger partial charge >= 0.3 is 6.15 Å². The first-order chi connectivity index (χ1) is 2.41. The van der Waals surface area contributed by atoms with Crippen LogP contribution in [-0.2, 0) is 0 Å². The molecule has 0 fully saturated rings. The van der Waals surface area contributed by atoms with Crippen LogP contribution < -0.4 is 11.9 Å². The molecule has 0 rings (SSSR count). The molecular formula is C4H11N2+3. The van der Waals surface area contributed by atoms with Crippen LogP contribution in [0, 0.1) is 0 Å². The summed E-state index contributed by atoms with van der Waals surface area (Å²) in [4.78, 5) is 0. The second-order valence-electron chi connectivity index (χ2n) is 1.14. The van der Waals surface area contributed by atoms with E-state index in [0.29, 0.717) is 0 Å². The van der Waals surface area contributed by atoms with E-state index in [0.717, 1.165) is 6.54 Å². The molecule has 0 unspecified atom stereocenters. The molecule has 0 aliphatic heterocycles. The number of unbranched alkanes of at least 4 members (excludes halogenated alkanes) is 1. The average Bonchev–Trinajstić information content (AvgIpc) is 1.41. The van der Waals surface area contributed by atoms with E-state index in [-0.39, 0.29) is 6.15 Å². The molecule has 2 radical (unpaired) electrons. The Morgan fingerprint density at radius 1 is 1.50 bits per heavy atom. The molecule has 0 aliphatic carbocycles. The van der Waals surface area contributed by atoms with E-state index in [1.807, 2.05) is 0 Å². The van der Waals surface area contributed by atoms with Gasteiger partial charge in [-0.15, -0.1) is 0 Å². The van der Waals surface area contributed by atoms with Gasteiger partial charge in [0.05, 0.1) is 0 Å². The lowest BCUT2D eigenvalue weighted by molar-refractivity contribution is 0.807. The summed E-state index contributed by atoms with van der Waals surface area (Å²) in [5.41, 5.74) is 5.14. The van der Waals surface area contributed by atoms with Crippen molar-refractivity contribution in [2.24, 2.45) is 5.73 Å². The molecule has 2 nitrogen and oxygen atoms in total. The van der Waals surface area contributed by atoms with Crippen molar-refractivity contribution in [2.45, 2.75) is 19.8 Å². The van der Waals surface area contributed by atoms with Crippen LogP contribution in [-0.4, -0.2) is 6.54 Å². The Morgan fingerprint density at radius 2 is 2.00 bits per heavy atom. The topological polar surface area (TPSA) is 56.5 Å². The van der Waals surface area contributed by atoms with E-state index in [1.54, 1.807) is 0 Å². The fourth-order valence-corrected chi connectivity index (χ4v) is 0.204. The zero-order chi connectivity index (χ0) is 4.12. The second-order valence-corrected chi connectivity index (χ2v) is 1.14. The maximum atomic E-state index is 5.14. The molecule has 0 aromatic heterocycles. The van der Waals surface area contributed by atoms with Crippen molar-refractivity contribution >= 4 is 0 Å². The summed E-state index contributed by atoms with van der Waals surface area (Å²) >= 11 is 0. The second kappa shape index (κ2) is 8.82. The van der Waals surface area contributed by atoms with Crippen molar-refractivity contribution < 1.29 is 0 Å². The van der Waals surface area contributed by atoms with Crippen molar-refractivity contribution in [1.29, 1.82) is 0 Å². The summed E-state index contributed by atoms with van der Waals surface area (Å²) in [6, 6.07) is 0. The standard InChI is InChI=1S/C4H11N.N/c1-2-3-4-5;/h2-5H2,1H3;/q;+3. The minimum Gasteiger partial charge on any atom is -0.330 e. The number of nitrogens with two attached hydrogens (primary N) is 1. The Morgan fingerprint density at radius 3 is 2.00 bits per heavy atom. The fourth-order valence-electron chi connectivity index (χ4n) is 0.204. The monoisotopic (exact) mass is 87.1 g/mol. The first-order valence-corrected chi connectivity index (χ1v) is 2.12. The van der Waals surface area contributed by atoms with Gasteiger partial charge in [0, 0.05) is 0 Å². The highest BCUT2D eigenvalue weighted by molar-refractivity contribution is 4.29. The van der Waals surface area contributed by atoms with Gasteiger partial charge in [-0.05, 0) is 13.0 Å². The van der Waals surface area contributed by atoms with E-state index in [2.05, 4.69) is 6.92 Å². The number of nitrogens with zero attached hydrogens (tertiary/aromatic N) is 1. The Kier molecular flexibility index (Phi) is 13.5. The minimum absolute atomic E-state index is 0. The first-order valence-electron chi connectivity index (χ1n) is 2.12. The average molecular weight is 87.1 g/mol. The molecule has 0 atom stereocenters. The molecule has 34 valence electrons. The third kappa shape index (κ3) is 9.38. The van der Waals surface area contributed by atoms with E-state index < -0.39 is 0 Å². The van der Waals surface area contributed by atoms with E-state index in [1.165, 1.54) is 12.8 Å². The molecule has 0 aromatic rings. The zero-order valence-corrected chi connectivity index (χ0v) is 4.15. The number of rotatable bonds is 2. The molecule has 0 aromatic carbocycles. The highest BCUT2D eigenvalue weighted by Gasteiger charge is 3.00. The molecule has 0 bridgehead atoms. The van der Waals surface area contributed by atoms with Gasteiger partial charge in [0.2, 0.25) is 0 Å². The summed E-state index contributed by atoms with van der Waals surface area (Å²) < 4.78 is 0. The predicted octanol–water partition coefficient (Wildman–Crippen LogP) is 0.265. The SMILES string of the molecule is CCCCN.[N+3]. The maximum absolute atomic E-state index is 5.14. The quantitative estimate of drug-likeness (QED) is 0.516. The van der Waals surface area contributed by atoms with Gasteiger partial charge in [-0.2, -0.15) is 0 Å². The van der Waals surface area contributed by atoms with Gasteiger partial charge in [0.25, 0.3) is 0 Å². The lowest BCUT2D eigenvalue weighted by Gasteiger charge is -1.80. The summed E-state index contributed by atoms with van der Waals surface area (Å²) in [7, 11) is 0. The van der Waals surface area contributed by atoms with Crippen molar-refractivity contribution in [1.82, 2.24) is 6.15 Å². The first kappa shape index (κ1) is 9.18. The molecule has 2 heteroatoms. The lowest BCUT2D eigenvalue weighted by Crippen LogP contribution is -1.95. The molecule has 0 saturated carbocycles. The zero-order valence-electron chi connectivity index (χ0n) is 4.15. The summed E-state index contributed by atoms with van der Waals surface area (Å²) in [6.45, 7) is 2.98. The van der Waals surface area contributed by atoms with Crippen LogP contribution in [0.1, 0.15) is 19.8 Å². The van der Waals surface area contributed by atoms with Gasteiger partial charge in [-0.25, -0.2) is 0 Å². The summed E-state index contributed by atoms with van der Waals surface area (Å²) in [5, 5.41) is 0. The van der Waals surface area contributed by atoms with Gasteiger partial charge < -0.3 is 5.73 Å². The Balaban J connectivity index is 0. The highest BCUT2D eigenvalue weighted by atomic mass is 14.5. The van der Waals surface area contributed by atoms with Crippen LogP contribution in [0.4, 0.5) is 0 Å². The van der Waals surface area contributed by atoms with Crippen molar-refractivity contribution in [3.8, 4) is 0 Å². The van der Waals surface area contributed by atoms with Crippen molar-refractivity contribution in [3.63, 3.8) is 0 Å². The van der Waals surface area contributed by atoms with E-state index >= 15 is 0 Å². The van der Waals surface area contributed by atoms with E-state index in [4.69, 9.17) is 5.73 Å². The summed E-state index contributed by atoms with van der Waals surface area (Å²) in [6.07, 6.45) is 2.39.